The first-order valence-electron chi connectivity index (χ1n) is 10.9. The van der Waals surface area contributed by atoms with Crippen molar-refractivity contribution in [2.45, 2.75) is 25.8 Å². The van der Waals surface area contributed by atoms with Gasteiger partial charge in [0.2, 0.25) is 0 Å². The van der Waals surface area contributed by atoms with E-state index in [1.807, 2.05) is 54.2 Å². The summed E-state index contributed by atoms with van der Waals surface area (Å²) in [6.45, 7) is 3.12. The van der Waals surface area contributed by atoms with E-state index in [2.05, 4.69) is 31.5 Å². The van der Waals surface area contributed by atoms with Crippen LogP contribution in [0.3, 0.4) is 0 Å². The summed E-state index contributed by atoms with van der Waals surface area (Å²) in [6, 6.07) is 15.6. The van der Waals surface area contributed by atoms with Crippen LogP contribution in [0, 0.1) is 5.92 Å². The van der Waals surface area contributed by atoms with Gasteiger partial charge in [-0.15, -0.1) is 0 Å². The molecule has 0 unspecified atom stereocenters. The number of aromatic amines is 1. The number of thioether (sulfide) groups is 1. The first-order valence-corrected chi connectivity index (χ1v) is 12.1. The number of hydrogen-bond donors (Lipinski definition) is 2. The van der Waals surface area contributed by atoms with Crippen LogP contribution in [-0.2, 0) is 13.0 Å². The van der Waals surface area contributed by atoms with Crippen LogP contribution in [0.1, 0.15) is 34.6 Å². The summed E-state index contributed by atoms with van der Waals surface area (Å²) in [7, 11) is 0. The van der Waals surface area contributed by atoms with Crippen LogP contribution >= 0.6 is 11.8 Å². The van der Waals surface area contributed by atoms with Gasteiger partial charge in [0.25, 0.3) is 5.91 Å². The quantitative estimate of drug-likeness (QED) is 0.583. The summed E-state index contributed by atoms with van der Waals surface area (Å²) in [5.41, 5.74) is 3.58. The number of amides is 1. The maximum absolute atomic E-state index is 12.8. The number of rotatable bonds is 7. The zero-order valence-electron chi connectivity index (χ0n) is 17.5. The average Bonchev–Trinajstić information content (AvgIpc) is 3.49. The number of hydrogen-bond acceptors (Lipinski definition) is 5. The summed E-state index contributed by atoms with van der Waals surface area (Å²) in [6.07, 6.45) is 3.58. The molecule has 1 saturated heterocycles. The van der Waals surface area contributed by atoms with Crippen molar-refractivity contribution in [2.75, 3.05) is 29.9 Å². The highest BCUT2D eigenvalue weighted by molar-refractivity contribution is 7.99. The summed E-state index contributed by atoms with van der Waals surface area (Å²) >= 11 is 2.01. The Hall–Kier alpha value is -2.64. The van der Waals surface area contributed by atoms with Crippen molar-refractivity contribution < 1.29 is 4.79 Å². The van der Waals surface area contributed by atoms with Gasteiger partial charge in [0, 0.05) is 54.4 Å². The van der Waals surface area contributed by atoms with Crippen LogP contribution in [0.15, 0.2) is 48.5 Å². The second kappa shape index (κ2) is 9.24. The van der Waals surface area contributed by atoms with Crippen LogP contribution in [-0.4, -0.2) is 50.6 Å². The third-order valence-electron chi connectivity index (χ3n) is 5.81. The molecule has 2 fully saturated rings. The van der Waals surface area contributed by atoms with Gasteiger partial charge in [-0.1, -0.05) is 12.1 Å². The van der Waals surface area contributed by atoms with Gasteiger partial charge in [-0.2, -0.15) is 16.9 Å². The molecule has 1 aromatic heterocycles. The molecule has 2 N–H and O–H groups in total. The van der Waals surface area contributed by atoms with Crippen LogP contribution < -0.4 is 5.32 Å². The maximum atomic E-state index is 12.8. The normalized spacial score (nSPS) is 16.9. The fourth-order valence-corrected chi connectivity index (χ4v) is 4.82. The molecular weight excluding hydrogens is 406 g/mol. The molecule has 6 nitrogen and oxygen atoms in total. The van der Waals surface area contributed by atoms with Crippen molar-refractivity contribution >= 4 is 23.4 Å². The van der Waals surface area contributed by atoms with Crippen molar-refractivity contribution in [1.82, 2.24) is 20.1 Å². The van der Waals surface area contributed by atoms with E-state index in [1.54, 1.807) is 0 Å². The van der Waals surface area contributed by atoms with Crippen molar-refractivity contribution in [3.63, 3.8) is 0 Å². The van der Waals surface area contributed by atoms with Gasteiger partial charge in [-0.05, 0) is 60.7 Å². The number of nitrogens with zero attached hydrogens (tertiary/aromatic N) is 3. The van der Waals surface area contributed by atoms with Gasteiger partial charge in [-0.3, -0.25) is 14.8 Å². The Bertz CT molecular complexity index is 1040. The maximum Gasteiger partial charge on any atom is 0.255 e. The summed E-state index contributed by atoms with van der Waals surface area (Å²) < 4.78 is 0. The number of carbonyl (C=O) groups is 1. The monoisotopic (exact) mass is 433 g/mol. The van der Waals surface area contributed by atoms with E-state index in [-0.39, 0.29) is 5.91 Å². The fraction of sp³-hybridized carbons (Fsp3) is 0.375. The van der Waals surface area contributed by atoms with Crippen LogP contribution in [0.25, 0.3) is 11.4 Å². The SMILES string of the molecule is O=C(Nc1ccc(-c2n[nH]c(CC3CC3)n2)cc1)c1cccc(CN2CCSCC2)c1. The average molecular weight is 434 g/mol. The van der Waals surface area contributed by atoms with Gasteiger partial charge in [0.05, 0.1) is 0 Å². The molecule has 160 valence electrons. The van der Waals surface area contributed by atoms with Gasteiger partial charge in [-0.25, -0.2) is 4.98 Å². The van der Waals surface area contributed by atoms with E-state index < -0.39 is 0 Å². The minimum Gasteiger partial charge on any atom is -0.322 e. The Balaban J connectivity index is 1.21. The van der Waals surface area contributed by atoms with Gasteiger partial charge >= 0.3 is 0 Å². The van der Waals surface area contributed by atoms with Crippen molar-refractivity contribution in [3.8, 4) is 11.4 Å². The lowest BCUT2D eigenvalue weighted by Gasteiger charge is -2.26. The Morgan fingerprint density at radius 3 is 2.71 bits per heavy atom. The third kappa shape index (κ3) is 5.35. The summed E-state index contributed by atoms with van der Waals surface area (Å²) in [5.74, 6) is 4.72. The Morgan fingerprint density at radius 1 is 1.13 bits per heavy atom. The molecule has 5 rings (SSSR count). The molecule has 2 heterocycles. The topological polar surface area (TPSA) is 73.9 Å². The molecule has 0 radical (unpaired) electrons. The highest BCUT2D eigenvalue weighted by Gasteiger charge is 2.23. The minimum absolute atomic E-state index is 0.0894. The number of aromatic nitrogens is 3. The first-order chi connectivity index (χ1) is 15.2. The number of carbonyl (C=O) groups excluding carboxylic acids is 1. The predicted octanol–water partition coefficient (Wildman–Crippen LogP) is 4.23. The number of anilines is 1. The highest BCUT2D eigenvalue weighted by Crippen LogP contribution is 2.32. The van der Waals surface area contributed by atoms with Gasteiger partial charge in [0.15, 0.2) is 5.82 Å². The largest absolute Gasteiger partial charge is 0.322 e. The Morgan fingerprint density at radius 2 is 1.94 bits per heavy atom. The molecule has 7 heteroatoms. The molecule has 0 spiro atoms. The predicted molar refractivity (Wildman–Crippen MR) is 125 cm³/mol. The molecule has 1 saturated carbocycles. The first kappa shape index (κ1) is 20.3. The number of benzene rings is 2. The van der Waals surface area contributed by atoms with Gasteiger partial charge < -0.3 is 5.32 Å². The number of H-pyrrole nitrogens is 1. The molecular formula is C24H27N5OS. The zero-order chi connectivity index (χ0) is 21.0. The Kier molecular flexibility index (Phi) is 6.04. The molecule has 1 aliphatic heterocycles. The van der Waals surface area contributed by atoms with E-state index >= 15 is 0 Å². The summed E-state index contributed by atoms with van der Waals surface area (Å²) in [4.78, 5) is 19.8. The molecule has 2 aliphatic rings. The van der Waals surface area contributed by atoms with E-state index in [4.69, 9.17) is 0 Å². The van der Waals surface area contributed by atoms with Crippen LogP contribution in [0.5, 0.6) is 0 Å². The standard InChI is InChI=1S/C24H27N5OS/c30-24(20-3-1-2-18(14-20)16-29-10-12-31-13-11-29)25-21-8-6-19(7-9-21)23-26-22(27-28-23)15-17-4-5-17/h1-3,6-9,14,17H,4-5,10-13,15-16H2,(H,25,30)(H,26,27,28). The molecule has 0 atom stereocenters. The fourth-order valence-electron chi connectivity index (χ4n) is 3.85. The lowest BCUT2D eigenvalue weighted by atomic mass is 10.1. The molecule has 3 aromatic rings. The molecule has 0 bridgehead atoms. The van der Waals surface area contributed by atoms with Crippen molar-refractivity contribution in [2.24, 2.45) is 5.92 Å². The van der Waals surface area contributed by atoms with E-state index in [0.29, 0.717) is 11.4 Å². The molecule has 31 heavy (non-hydrogen) atoms. The van der Waals surface area contributed by atoms with Crippen LogP contribution in [0.2, 0.25) is 0 Å². The van der Waals surface area contributed by atoms with E-state index in [9.17, 15) is 4.79 Å². The Labute approximate surface area is 186 Å². The minimum atomic E-state index is -0.0894. The second-order valence-corrected chi connectivity index (χ2v) is 9.60. The second-order valence-electron chi connectivity index (χ2n) is 8.37. The lowest BCUT2D eigenvalue weighted by molar-refractivity contribution is 0.102. The smallest absolute Gasteiger partial charge is 0.255 e. The van der Waals surface area contributed by atoms with Crippen molar-refractivity contribution in [1.29, 1.82) is 0 Å². The van der Waals surface area contributed by atoms with Gasteiger partial charge in [0.1, 0.15) is 5.82 Å². The highest BCUT2D eigenvalue weighted by atomic mass is 32.2. The van der Waals surface area contributed by atoms with Crippen LogP contribution in [0.4, 0.5) is 5.69 Å². The third-order valence-corrected chi connectivity index (χ3v) is 6.75. The van der Waals surface area contributed by atoms with E-state index in [1.165, 1.54) is 29.9 Å². The lowest BCUT2D eigenvalue weighted by Crippen LogP contribution is -2.32. The van der Waals surface area contributed by atoms with E-state index in [0.717, 1.165) is 49.0 Å². The molecule has 2 aromatic carbocycles. The zero-order valence-corrected chi connectivity index (χ0v) is 18.3. The summed E-state index contributed by atoms with van der Waals surface area (Å²) in [5, 5.41) is 10.4. The molecule has 1 aliphatic carbocycles. The molecule has 1 amide bonds. The number of nitrogens with one attached hydrogen (secondary N) is 2. The van der Waals surface area contributed by atoms with Crippen molar-refractivity contribution in [3.05, 3.63) is 65.5 Å².